The Labute approximate surface area is 72.8 Å². The third-order valence-corrected chi connectivity index (χ3v) is 2.06. The third-order valence-electron chi connectivity index (χ3n) is 2.06. The van der Waals surface area contributed by atoms with Crippen LogP contribution in [-0.4, -0.2) is 30.6 Å². The number of aliphatic imine (C=N–C) groups is 1. The van der Waals surface area contributed by atoms with Crippen LogP contribution >= 0.6 is 0 Å². The molecule has 0 aliphatic carbocycles. The van der Waals surface area contributed by atoms with E-state index in [2.05, 4.69) is 16.5 Å². The quantitative estimate of drug-likeness (QED) is 0.468. The summed E-state index contributed by atoms with van der Waals surface area (Å²) in [6.45, 7) is 6.59. The second kappa shape index (κ2) is 4.86. The van der Waals surface area contributed by atoms with E-state index in [0.717, 1.165) is 19.6 Å². The summed E-state index contributed by atoms with van der Waals surface area (Å²) in [4.78, 5) is 15.6. The molecule has 1 aliphatic rings. The third kappa shape index (κ3) is 2.99. The molecule has 0 spiro atoms. The molecule has 66 valence electrons. The van der Waals surface area contributed by atoms with E-state index < -0.39 is 0 Å². The lowest BCUT2D eigenvalue weighted by molar-refractivity contribution is 0.246. The van der Waals surface area contributed by atoms with Crippen LogP contribution in [0.15, 0.2) is 17.3 Å². The summed E-state index contributed by atoms with van der Waals surface area (Å²) in [5, 5.41) is 0. The number of likely N-dealkylation sites (tertiary alicyclic amines) is 1. The first-order chi connectivity index (χ1) is 5.83. The van der Waals surface area contributed by atoms with Gasteiger partial charge in [-0.05, 0) is 25.9 Å². The molecule has 3 heteroatoms. The summed E-state index contributed by atoms with van der Waals surface area (Å²) in [7, 11) is 0. The normalized spacial score (nSPS) is 18.3. The van der Waals surface area contributed by atoms with E-state index in [-0.39, 0.29) is 0 Å². The molecule has 0 N–H and O–H groups in total. The molecule has 0 aromatic rings. The number of rotatable bonds is 3. The first-order valence-corrected chi connectivity index (χ1v) is 4.31. The van der Waals surface area contributed by atoms with E-state index in [9.17, 15) is 4.79 Å². The van der Waals surface area contributed by atoms with Crippen molar-refractivity contribution in [2.75, 3.05) is 19.6 Å². The highest BCUT2D eigenvalue weighted by Crippen LogP contribution is 2.09. The Morgan fingerprint density at radius 2 is 2.08 bits per heavy atom. The van der Waals surface area contributed by atoms with Crippen LogP contribution in [0.5, 0.6) is 0 Å². The zero-order valence-electron chi connectivity index (χ0n) is 7.25. The van der Waals surface area contributed by atoms with Gasteiger partial charge in [0.25, 0.3) is 0 Å². The molecular formula is C9H14N2O. The maximum atomic E-state index is 9.89. The van der Waals surface area contributed by atoms with Crippen LogP contribution in [0.3, 0.4) is 0 Å². The zero-order chi connectivity index (χ0) is 8.81. The van der Waals surface area contributed by atoms with E-state index in [1.54, 1.807) is 0 Å². The van der Waals surface area contributed by atoms with Crippen LogP contribution in [0.2, 0.25) is 0 Å². The van der Waals surface area contributed by atoms with Gasteiger partial charge in [0.15, 0.2) is 0 Å². The Kier molecular flexibility index (Phi) is 3.71. The number of piperidine rings is 1. The van der Waals surface area contributed by atoms with Crippen molar-refractivity contribution < 1.29 is 4.79 Å². The summed E-state index contributed by atoms with van der Waals surface area (Å²) < 4.78 is 0. The summed E-state index contributed by atoms with van der Waals surface area (Å²) >= 11 is 0. The lowest BCUT2D eigenvalue weighted by Gasteiger charge is -2.25. The standard InChI is InChI=1S/C9H14N2O/c1-9(10-8-12)7-11-5-3-2-4-6-11/h1-7H2. The maximum absolute atomic E-state index is 9.89. The van der Waals surface area contributed by atoms with Gasteiger partial charge in [-0.3, -0.25) is 4.90 Å². The molecule has 0 aromatic heterocycles. The van der Waals surface area contributed by atoms with Gasteiger partial charge >= 0.3 is 0 Å². The highest BCUT2D eigenvalue weighted by molar-refractivity contribution is 5.36. The Morgan fingerprint density at radius 1 is 1.42 bits per heavy atom. The molecule has 0 radical (unpaired) electrons. The molecule has 0 amide bonds. The van der Waals surface area contributed by atoms with Gasteiger partial charge in [0.05, 0.1) is 5.70 Å². The molecule has 0 unspecified atom stereocenters. The Hall–Kier alpha value is -0.920. The largest absolute Gasteiger partial charge is 0.298 e. The van der Waals surface area contributed by atoms with Crippen molar-refractivity contribution in [1.82, 2.24) is 4.90 Å². The summed E-state index contributed by atoms with van der Waals surface area (Å²) in [5.74, 6) is 0. The average molecular weight is 166 g/mol. The van der Waals surface area contributed by atoms with Crippen molar-refractivity contribution in [3.05, 3.63) is 12.3 Å². The van der Waals surface area contributed by atoms with E-state index in [0.29, 0.717) is 5.70 Å². The molecule has 1 fully saturated rings. The van der Waals surface area contributed by atoms with Gasteiger partial charge in [-0.1, -0.05) is 13.0 Å². The summed E-state index contributed by atoms with van der Waals surface area (Å²) in [5.41, 5.74) is 0.618. The monoisotopic (exact) mass is 166 g/mol. The van der Waals surface area contributed by atoms with Gasteiger partial charge in [-0.15, -0.1) is 0 Å². The predicted molar refractivity (Wildman–Crippen MR) is 47.6 cm³/mol. The zero-order valence-corrected chi connectivity index (χ0v) is 7.25. The molecule has 0 bridgehead atoms. The van der Waals surface area contributed by atoms with Crippen LogP contribution in [0, 0.1) is 0 Å². The fourth-order valence-electron chi connectivity index (χ4n) is 1.48. The highest BCUT2D eigenvalue weighted by Gasteiger charge is 2.09. The van der Waals surface area contributed by atoms with Gasteiger partial charge < -0.3 is 0 Å². The minimum absolute atomic E-state index is 0.618. The minimum atomic E-state index is 0.618. The van der Waals surface area contributed by atoms with Gasteiger partial charge in [0, 0.05) is 6.54 Å². The van der Waals surface area contributed by atoms with Crippen LogP contribution < -0.4 is 0 Å². The predicted octanol–water partition coefficient (Wildman–Crippen LogP) is 1.32. The van der Waals surface area contributed by atoms with Gasteiger partial charge in [-0.2, -0.15) is 4.99 Å². The highest BCUT2D eigenvalue weighted by atomic mass is 16.1. The van der Waals surface area contributed by atoms with Crippen molar-refractivity contribution in [2.24, 2.45) is 4.99 Å². The fraction of sp³-hybridized carbons (Fsp3) is 0.667. The molecule has 1 aliphatic heterocycles. The second-order valence-corrected chi connectivity index (χ2v) is 3.11. The van der Waals surface area contributed by atoms with Crippen LogP contribution in [-0.2, 0) is 4.79 Å². The smallest absolute Gasteiger partial charge is 0.240 e. The van der Waals surface area contributed by atoms with Crippen molar-refractivity contribution in [3.8, 4) is 0 Å². The molecule has 1 saturated heterocycles. The lowest BCUT2D eigenvalue weighted by atomic mass is 10.1. The fourth-order valence-corrected chi connectivity index (χ4v) is 1.48. The number of isocyanates is 1. The van der Waals surface area contributed by atoms with Crippen molar-refractivity contribution in [3.63, 3.8) is 0 Å². The van der Waals surface area contributed by atoms with Crippen molar-refractivity contribution in [1.29, 1.82) is 0 Å². The SMILES string of the molecule is C=C(CN1CCCCC1)N=C=O. The second-order valence-electron chi connectivity index (χ2n) is 3.11. The van der Waals surface area contributed by atoms with Crippen molar-refractivity contribution >= 4 is 6.08 Å². The molecule has 0 saturated carbocycles. The van der Waals surface area contributed by atoms with Crippen LogP contribution in [0.25, 0.3) is 0 Å². The number of nitrogens with zero attached hydrogens (tertiary/aromatic N) is 2. The van der Waals surface area contributed by atoms with Gasteiger partial charge in [0.1, 0.15) is 0 Å². The molecule has 1 rings (SSSR count). The Balaban J connectivity index is 2.29. The van der Waals surface area contributed by atoms with Crippen molar-refractivity contribution in [2.45, 2.75) is 19.3 Å². The number of hydrogen-bond donors (Lipinski definition) is 0. The molecule has 0 aromatic carbocycles. The van der Waals surface area contributed by atoms with E-state index >= 15 is 0 Å². The van der Waals surface area contributed by atoms with Gasteiger partial charge in [0.2, 0.25) is 6.08 Å². The Morgan fingerprint density at radius 3 is 2.67 bits per heavy atom. The molecule has 12 heavy (non-hydrogen) atoms. The first-order valence-electron chi connectivity index (χ1n) is 4.31. The molecular weight excluding hydrogens is 152 g/mol. The molecule has 3 nitrogen and oxygen atoms in total. The topological polar surface area (TPSA) is 32.7 Å². The lowest BCUT2D eigenvalue weighted by Crippen LogP contribution is -2.30. The molecule has 0 atom stereocenters. The maximum Gasteiger partial charge on any atom is 0.240 e. The van der Waals surface area contributed by atoms with E-state index in [4.69, 9.17) is 0 Å². The van der Waals surface area contributed by atoms with Crippen LogP contribution in [0.4, 0.5) is 0 Å². The average Bonchev–Trinajstić information content (AvgIpc) is 2.06. The number of carbonyl (C=O) groups excluding carboxylic acids is 1. The van der Waals surface area contributed by atoms with E-state index in [1.807, 2.05) is 0 Å². The number of hydrogen-bond acceptors (Lipinski definition) is 3. The Bertz CT molecular complexity index is 201. The van der Waals surface area contributed by atoms with Crippen LogP contribution in [0.1, 0.15) is 19.3 Å². The molecule has 1 heterocycles. The van der Waals surface area contributed by atoms with Gasteiger partial charge in [-0.25, -0.2) is 4.79 Å². The van der Waals surface area contributed by atoms with E-state index in [1.165, 1.54) is 25.3 Å². The first kappa shape index (κ1) is 9.17. The summed E-state index contributed by atoms with van der Waals surface area (Å²) in [6, 6.07) is 0. The summed E-state index contributed by atoms with van der Waals surface area (Å²) in [6.07, 6.45) is 5.32. The minimum Gasteiger partial charge on any atom is -0.298 e.